The number of hydrogen-bond acceptors (Lipinski definition) is 2. The predicted octanol–water partition coefficient (Wildman–Crippen LogP) is 5.22. The number of para-hydroxylation sites is 1. The smallest absolute Gasteiger partial charge is 0.145 e. The maximum atomic E-state index is 4.72. The zero-order chi connectivity index (χ0) is 18.0. The fourth-order valence-electron chi connectivity index (χ4n) is 4.28. The number of aryl methyl sites for hydroxylation is 1. The van der Waals surface area contributed by atoms with Crippen LogP contribution < -0.4 is 0 Å². The molecule has 0 aliphatic heterocycles. The van der Waals surface area contributed by atoms with E-state index in [1.807, 2.05) is 30.6 Å². The highest BCUT2D eigenvalue weighted by Gasteiger charge is 2.19. The van der Waals surface area contributed by atoms with E-state index in [0.717, 1.165) is 22.4 Å². The molecule has 0 saturated heterocycles. The van der Waals surface area contributed by atoms with Gasteiger partial charge in [0.2, 0.25) is 0 Å². The molecule has 6 aromatic rings. The molecule has 0 fully saturated rings. The molecule has 4 heterocycles. The number of fused-ring (bicyclic) bond motifs is 7. The van der Waals surface area contributed by atoms with Crippen LogP contribution in [0.1, 0.15) is 0 Å². The van der Waals surface area contributed by atoms with Crippen molar-refractivity contribution in [2.45, 2.75) is 0 Å². The topological polar surface area (TPSA) is 35.6 Å². The van der Waals surface area contributed by atoms with Gasteiger partial charge in [-0.25, -0.2) is 9.97 Å². The van der Waals surface area contributed by atoms with E-state index in [0.29, 0.717) is 0 Å². The average Bonchev–Trinajstić information content (AvgIpc) is 3.22. The standard InChI is InChI=1S/C23H16N4/c1-26-20-16(18-9-5-13-24-22(18)26)11-12-17-19-10-6-14-25-23(19)27(21(17)20)15-7-3-2-4-8-15/h2-14H,1H3. The summed E-state index contributed by atoms with van der Waals surface area (Å²) in [5, 5.41) is 4.76. The molecule has 4 nitrogen and oxygen atoms in total. The third kappa shape index (κ3) is 1.82. The van der Waals surface area contributed by atoms with Crippen molar-refractivity contribution in [3.8, 4) is 5.69 Å². The number of benzene rings is 2. The van der Waals surface area contributed by atoms with Gasteiger partial charge in [0.25, 0.3) is 0 Å². The van der Waals surface area contributed by atoms with Crippen molar-refractivity contribution in [1.82, 2.24) is 19.1 Å². The van der Waals surface area contributed by atoms with Crippen LogP contribution in [0, 0.1) is 0 Å². The van der Waals surface area contributed by atoms with Gasteiger partial charge in [-0.15, -0.1) is 0 Å². The van der Waals surface area contributed by atoms with Crippen molar-refractivity contribution in [2.75, 3.05) is 0 Å². The lowest BCUT2D eigenvalue weighted by Gasteiger charge is -2.08. The largest absolute Gasteiger partial charge is 0.327 e. The fraction of sp³-hybridized carbons (Fsp3) is 0.0435. The second-order valence-electron chi connectivity index (χ2n) is 6.84. The molecule has 0 amide bonds. The lowest BCUT2D eigenvalue weighted by Crippen LogP contribution is -1.97. The predicted molar refractivity (Wildman–Crippen MR) is 110 cm³/mol. The molecule has 0 aliphatic carbocycles. The highest BCUT2D eigenvalue weighted by Crippen LogP contribution is 2.38. The average molecular weight is 348 g/mol. The normalized spacial score (nSPS) is 11.9. The molecular formula is C23H16N4. The molecule has 2 aromatic carbocycles. The van der Waals surface area contributed by atoms with E-state index in [9.17, 15) is 0 Å². The summed E-state index contributed by atoms with van der Waals surface area (Å²) in [6, 6.07) is 23.2. The zero-order valence-corrected chi connectivity index (χ0v) is 14.8. The third-order valence-corrected chi connectivity index (χ3v) is 5.41. The first-order chi connectivity index (χ1) is 13.3. The monoisotopic (exact) mass is 348 g/mol. The van der Waals surface area contributed by atoms with Gasteiger partial charge in [-0.1, -0.05) is 30.3 Å². The summed E-state index contributed by atoms with van der Waals surface area (Å²) < 4.78 is 4.47. The van der Waals surface area contributed by atoms with Crippen LogP contribution >= 0.6 is 0 Å². The van der Waals surface area contributed by atoms with Crippen molar-refractivity contribution in [3.63, 3.8) is 0 Å². The minimum atomic E-state index is 0.976. The minimum Gasteiger partial charge on any atom is -0.327 e. The first kappa shape index (κ1) is 14.5. The van der Waals surface area contributed by atoms with Gasteiger partial charge in [0.15, 0.2) is 0 Å². The number of nitrogens with zero attached hydrogens (tertiary/aromatic N) is 4. The highest BCUT2D eigenvalue weighted by molar-refractivity contribution is 6.22. The van der Waals surface area contributed by atoms with Gasteiger partial charge in [-0.05, 0) is 36.4 Å². The maximum Gasteiger partial charge on any atom is 0.145 e. The Morgan fingerprint density at radius 3 is 1.96 bits per heavy atom. The molecule has 0 spiro atoms. The molecule has 0 bridgehead atoms. The third-order valence-electron chi connectivity index (χ3n) is 5.41. The molecule has 0 radical (unpaired) electrons. The molecule has 0 unspecified atom stereocenters. The first-order valence-corrected chi connectivity index (χ1v) is 9.01. The highest BCUT2D eigenvalue weighted by atomic mass is 15.1. The molecule has 0 atom stereocenters. The Morgan fingerprint density at radius 1 is 0.593 bits per heavy atom. The van der Waals surface area contributed by atoms with Gasteiger partial charge in [-0.2, -0.15) is 0 Å². The SMILES string of the molecule is Cn1c2ncccc2c2ccc3c4cccnc4n(-c4ccccc4)c3c21. The van der Waals surface area contributed by atoms with Crippen LogP contribution in [0.3, 0.4) is 0 Å². The van der Waals surface area contributed by atoms with E-state index in [2.05, 4.69) is 69.7 Å². The van der Waals surface area contributed by atoms with Crippen molar-refractivity contribution < 1.29 is 0 Å². The molecule has 0 aliphatic rings. The molecule has 27 heavy (non-hydrogen) atoms. The van der Waals surface area contributed by atoms with Crippen LogP contribution in [-0.4, -0.2) is 19.1 Å². The van der Waals surface area contributed by atoms with Crippen molar-refractivity contribution in [2.24, 2.45) is 7.05 Å². The maximum absolute atomic E-state index is 4.72. The Hall–Kier alpha value is -3.66. The van der Waals surface area contributed by atoms with Crippen LogP contribution in [0.5, 0.6) is 0 Å². The zero-order valence-electron chi connectivity index (χ0n) is 14.8. The van der Waals surface area contributed by atoms with E-state index in [1.165, 1.54) is 27.2 Å². The minimum absolute atomic E-state index is 0.976. The summed E-state index contributed by atoms with van der Waals surface area (Å²) in [4.78, 5) is 9.34. The Bertz CT molecular complexity index is 1470. The lowest BCUT2D eigenvalue weighted by molar-refractivity contribution is 0.988. The Kier molecular flexibility index (Phi) is 2.78. The fourth-order valence-corrected chi connectivity index (χ4v) is 4.28. The van der Waals surface area contributed by atoms with E-state index >= 15 is 0 Å². The van der Waals surface area contributed by atoms with Crippen LogP contribution in [-0.2, 0) is 7.05 Å². The van der Waals surface area contributed by atoms with Gasteiger partial charge >= 0.3 is 0 Å². The van der Waals surface area contributed by atoms with E-state index in [-0.39, 0.29) is 0 Å². The summed E-state index contributed by atoms with van der Waals surface area (Å²) >= 11 is 0. The Labute approximate surface area is 155 Å². The molecule has 4 aromatic heterocycles. The van der Waals surface area contributed by atoms with Crippen molar-refractivity contribution >= 4 is 43.9 Å². The van der Waals surface area contributed by atoms with Gasteiger partial charge < -0.3 is 4.57 Å². The molecule has 0 saturated carbocycles. The second-order valence-corrected chi connectivity index (χ2v) is 6.84. The van der Waals surface area contributed by atoms with Gasteiger partial charge in [0.05, 0.1) is 11.0 Å². The number of hydrogen-bond donors (Lipinski definition) is 0. The van der Waals surface area contributed by atoms with E-state index < -0.39 is 0 Å². The van der Waals surface area contributed by atoms with Crippen LogP contribution in [0.2, 0.25) is 0 Å². The molecule has 128 valence electrons. The molecule has 4 heteroatoms. The molecule has 0 N–H and O–H groups in total. The quantitative estimate of drug-likeness (QED) is 0.408. The van der Waals surface area contributed by atoms with Gasteiger partial charge in [0, 0.05) is 46.7 Å². The summed E-state index contributed by atoms with van der Waals surface area (Å²) in [5.41, 5.74) is 5.44. The lowest BCUT2D eigenvalue weighted by atomic mass is 10.1. The number of rotatable bonds is 1. The Balaban J connectivity index is 1.96. The summed E-state index contributed by atoms with van der Waals surface area (Å²) in [5.74, 6) is 0. The van der Waals surface area contributed by atoms with Crippen LogP contribution in [0.15, 0.2) is 79.1 Å². The van der Waals surface area contributed by atoms with Gasteiger partial charge in [0.1, 0.15) is 11.3 Å². The second kappa shape index (κ2) is 5.17. The van der Waals surface area contributed by atoms with Crippen molar-refractivity contribution in [1.29, 1.82) is 0 Å². The number of pyridine rings is 2. The first-order valence-electron chi connectivity index (χ1n) is 9.01. The van der Waals surface area contributed by atoms with Gasteiger partial charge in [-0.3, -0.25) is 4.57 Å². The van der Waals surface area contributed by atoms with Crippen molar-refractivity contribution in [3.05, 3.63) is 79.1 Å². The summed E-state index contributed by atoms with van der Waals surface area (Å²) in [6.45, 7) is 0. The summed E-state index contributed by atoms with van der Waals surface area (Å²) in [6.07, 6.45) is 3.72. The Morgan fingerprint density at radius 2 is 1.22 bits per heavy atom. The van der Waals surface area contributed by atoms with E-state index in [4.69, 9.17) is 4.98 Å². The van der Waals surface area contributed by atoms with E-state index in [1.54, 1.807) is 0 Å². The molecular weight excluding hydrogens is 332 g/mol. The van der Waals surface area contributed by atoms with Crippen LogP contribution in [0.4, 0.5) is 0 Å². The van der Waals surface area contributed by atoms with Crippen LogP contribution in [0.25, 0.3) is 49.6 Å². The molecule has 6 rings (SSSR count). The number of aromatic nitrogens is 4. The summed E-state index contributed by atoms with van der Waals surface area (Å²) in [7, 11) is 2.09.